The Morgan fingerprint density at radius 2 is 1.67 bits per heavy atom. The molecule has 2 N–H and O–H groups in total. The van der Waals surface area contributed by atoms with E-state index in [9.17, 15) is 9.50 Å². The van der Waals surface area contributed by atoms with E-state index < -0.39 is 5.82 Å². The summed E-state index contributed by atoms with van der Waals surface area (Å²) in [5, 5.41) is 12.5. The highest BCUT2D eigenvalue weighted by atomic mass is 19.1. The van der Waals surface area contributed by atoms with Gasteiger partial charge in [-0.15, -0.1) is 0 Å². The molecule has 2 aromatic rings. The van der Waals surface area contributed by atoms with Crippen molar-refractivity contribution in [2.75, 3.05) is 14.2 Å². The smallest absolute Gasteiger partial charge is 0.161 e. The van der Waals surface area contributed by atoms with Crippen molar-refractivity contribution in [2.45, 2.75) is 13.1 Å². The Balaban J connectivity index is 1.97. The van der Waals surface area contributed by atoms with E-state index in [2.05, 4.69) is 5.32 Å². The third-order valence-electron chi connectivity index (χ3n) is 3.05. The SMILES string of the molecule is COc1ccc(CNCc2cc(O)cc(F)c2)cc1OC. The quantitative estimate of drug-likeness (QED) is 0.859. The van der Waals surface area contributed by atoms with Crippen molar-refractivity contribution >= 4 is 0 Å². The van der Waals surface area contributed by atoms with Crippen LogP contribution < -0.4 is 14.8 Å². The summed E-state index contributed by atoms with van der Waals surface area (Å²) in [7, 11) is 3.18. The molecule has 0 fully saturated rings. The minimum atomic E-state index is -0.446. The number of rotatable bonds is 6. The van der Waals surface area contributed by atoms with Crippen LogP contribution in [0.2, 0.25) is 0 Å². The lowest BCUT2D eigenvalue weighted by Crippen LogP contribution is -2.12. The van der Waals surface area contributed by atoms with Crippen molar-refractivity contribution in [3.63, 3.8) is 0 Å². The molecule has 112 valence electrons. The number of hydrogen-bond acceptors (Lipinski definition) is 4. The number of ether oxygens (including phenoxy) is 2. The monoisotopic (exact) mass is 291 g/mol. The molecule has 0 aliphatic carbocycles. The van der Waals surface area contributed by atoms with E-state index in [1.807, 2.05) is 18.2 Å². The Bertz CT molecular complexity index is 596. The molecular formula is C16H18FNO3. The summed E-state index contributed by atoms with van der Waals surface area (Å²) in [6.45, 7) is 1.05. The Morgan fingerprint density at radius 3 is 2.33 bits per heavy atom. The van der Waals surface area contributed by atoms with Crippen LogP contribution in [-0.4, -0.2) is 19.3 Å². The molecule has 21 heavy (non-hydrogen) atoms. The lowest BCUT2D eigenvalue weighted by atomic mass is 10.1. The van der Waals surface area contributed by atoms with Gasteiger partial charge in [0.25, 0.3) is 0 Å². The molecule has 2 rings (SSSR count). The molecule has 0 saturated heterocycles. The van der Waals surface area contributed by atoms with Crippen LogP contribution in [0.15, 0.2) is 36.4 Å². The molecule has 4 nitrogen and oxygen atoms in total. The van der Waals surface area contributed by atoms with Crippen LogP contribution in [-0.2, 0) is 13.1 Å². The van der Waals surface area contributed by atoms with Gasteiger partial charge in [-0.05, 0) is 35.4 Å². The van der Waals surface area contributed by atoms with Crippen LogP contribution in [0, 0.1) is 5.82 Å². The Hall–Kier alpha value is -2.27. The maximum atomic E-state index is 13.1. The van der Waals surface area contributed by atoms with Gasteiger partial charge in [-0.2, -0.15) is 0 Å². The first-order valence-electron chi connectivity index (χ1n) is 6.52. The molecule has 0 spiro atoms. The number of phenols is 1. The predicted molar refractivity (Wildman–Crippen MR) is 78.2 cm³/mol. The summed E-state index contributed by atoms with van der Waals surface area (Å²) < 4.78 is 23.6. The molecule has 0 aliphatic heterocycles. The molecule has 0 saturated carbocycles. The van der Waals surface area contributed by atoms with E-state index in [0.717, 1.165) is 11.6 Å². The fourth-order valence-electron chi connectivity index (χ4n) is 2.08. The largest absolute Gasteiger partial charge is 0.508 e. The highest BCUT2D eigenvalue weighted by Gasteiger charge is 2.05. The van der Waals surface area contributed by atoms with Gasteiger partial charge in [0.05, 0.1) is 14.2 Å². The molecule has 2 aromatic carbocycles. The molecule has 0 aromatic heterocycles. The molecule has 0 bridgehead atoms. The van der Waals surface area contributed by atoms with Crippen molar-refractivity contribution in [1.82, 2.24) is 5.32 Å². The third-order valence-corrected chi connectivity index (χ3v) is 3.05. The van der Waals surface area contributed by atoms with Gasteiger partial charge in [0.2, 0.25) is 0 Å². The first kappa shape index (κ1) is 15.1. The van der Waals surface area contributed by atoms with Gasteiger partial charge in [0.15, 0.2) is 11.5 Å². The lowest BCUT2D eigenvalue weighted by molar-refractivity contribution is 0.354. The first-order valence-corrected chi connectivity index (χ1v) is 6.52. The fraction of sp³-hybridized carbons (Fsp3) is 0.250. The number of halogens is 1. The van der Waals surface area contributed by atoms with Crippen molar-refractivity contribution in [1.29, 1.82) is 0 Å². The maximum Gasteiger partial charge on any atom is 0.161 e. The number of nitrogens with one attached hydrogen (secondary N) is 1. The van der Waals surface area contributed by atoms with Crippen LogP contribution in [0.5, 0.6) is 17.2 Å². The average molecular weight is 291 g/mol. The van der Waals surface area contributed by atoms with Gasteiger partial charge >= 0.3 is 0 Å². The van der Waals surface area contributed by atoms with Gasteiger partial charge in [-0.25, -0.2) is 4.39 Å². The zero-order chi connectivity index (χ0) is 15.2. The zero-order valence-electron chi connectivity index (χ0n) is 12.0. The summed E-state index contributed by atoms with van der Waals surface area (Å²) in [6.07, 6.45) is 0. The van der Waals surface area contributed by atoms with Crippen LogP contribution >= 0.6 is 0 Å². The van der Waals surface area contributed by atoms with Gasteiger partial charge in [0, 0.05) is 19.2 Å². The molecule has 5 heteroatoms. The topological polar surface area (TPSA) is 50.7 Å². The standard InChI is InChI=1S/C16H18FNO3/c1-20-15-4-3-11(7-16(15)21-2)9-18-10-12-5-13(17)8-14(19)6-12/h3-8,18-19H,9-10H2,1-2H3. The minimum Gasteiger partial charge on any atom is -0.508 e. The first-order chi connectivity index (χ1) is 10.1. The molecule has 0 amide bonds. The summed E-state index contributed by atoms with van der Waals surface area (Å²) in [5.74, 6) is 0.826. The predicted octanol–water partition coefficient (Wildman–Crippen LogP) is 2.84. The van der Waals surface area contributed by atoms with Crippen LogP contribution in [0.4, 0.5) is 4.39 Å². The average Bonchev–Trinajstić information content (AvgIpc) is 2.46. The molecule has 0 radical (unpaired) electrons. The van der Waals surface area contributed by atoms with Gasteiger partial charge in [0.1, 0.15) is 11.6 Å². The minimum absolute atomic E-state index is 0.0714. The number of benzene rings is 2. The van der Waals surface area contributed by atoms with E-state index in [-0.39, 0.29) is 5.75 Å². The molecule has 0 atom stereocenters. The molecule has 0 aliphatic rings. The number of phenolic OH excluding ortho intramolecular Hbond substituents is 1. The van der Waals surface area contributed by atoms with E-state index in [1.165, 1.54) is 12.1 Å². The summed E-state index contributed by atoms with van der Waals surface area (Å²) in [5.41, 5.74) is 1.71. The summed E-state index contributed by atoms with van der Waals surface area (Å²) in [6, 6.07) is 9.65. The maximum absolute atomic E-state index is 13.1. The van der Waals surface area contributed by atoms with Crippen LogP contribution in [0.1, 0.15) is 11.1 Å². The third kappa shape index (κ3) is 4.10. The van der Waals surface area contributed by atoms with Gasteiger partial charge in [-0.1, -0.05) is 6.07 Å². The van der Waals surface area contributed by atoms with Gasteiger partial charge < -0.3 is 19.9 Å². The fourth-order valence-corrected chi connectivity index (χ4v) is 2.08. The van der Waals surface area contributed by atoms with Crippen LogP contribution in [0.25, 0.3) is 0 Å². The van der Waals surface area contributed by atoms with Crippen LogP contribution in [0.3, 0.4) is 0 Å². The van der Waals surface area contributed by atoms with E-state index >= 15 is 0 Å². The highest BCUT2D eigenvalue weighted by molar-refractivity contribution is 5.42. The lowest BCUT2D eigenvalue weighted by Gasteiger charge is -2.10. The molecule has 0 heterocycles. The second-order valence-corrected chi connectivity index (χ2v) is 4.61. The summed E-state index contributed by atoms with van der Waals surface area (Å²) in [4.78, 5) is 0. The van der Waals surface area contributed by atoms with Crippen molar-refractivity contribution in [2.24, 2.45) is 0 Å². The normalized spacial score (nSPS) is 10.4. The van der Waals surface area contributed by atoms with E-state index in [4.69, 9.17) is 9.47 Å². The zero-order valence-corrected chi connectivity index (χ0v) is 12.0. The van der Waals surface area contributed by atoms with Crippen molar-refractivity contribution in [3.05, 3.63) is 53.3 Å². The van der Waals surface area contributed by atoms with E-state index in [1.54, 1.807) is 14.2 Å². The second kappa shape index (κ2) is 6.95. The number of methoxy groups -OCH3 is 2. The van der Waals surface area contributed by atoms with E-state index in [0.29, 0.717) is 30.2 Å². The molecule has 0 unspecified atom stereocenters. The number of hydrogen-bond donors (Lipinski definition) is 2. The number of aromatic hydroxyl groups is 1. The highest BCUT2D eigenvalue weighted by Crippen LogP contribution is 2.27. The Labute approximate surface area is 123 Å². The van der Waals surface area contributed by atoms with Gasteiger partial charge in [-0.3, -0.25) is 0 Å². The Morgan fingerprint density at radius 1 is 0.952 bits per heavy atom. The Kier molecular flexibility index (Phi) is 5.00. The second-order valence-electron chi connectivity index (χ2n) is 4.61. The van der Waals surface area contributed by atoms with Crippen molar-refractivity contribution < 1.29 is 19.0 Å². The molecular weight excluding hydrogens is 273 g/mol. The summed E-state index contributed by atoms with van der Waals surface area (Å²) >= 11 is 0. The van der Waals surface area contributed by atoms with Crippen molar-refractivity contribution in [3.8, 4) is 17.2 Å².